The van der Waals surface area contributed by atoms with Crippen LogP contribution in [0.25, 0.3) is 22.0 Å². The van der Waals surface area contributed by atoms with Gasteiger partial charge in [-0.3, -0.25) is 9.71 Å². The fourth-order valence-electron chi connectivity index (χ4n) is 3.04. The summed E-state index contributed by atoms with van der Waals surface area (Å²) in [5, 5.41) is 10.8. The molecular formula is C17H14N2O3S. The molecule has 3 aromatic rings. The van der Waals surface area contributed by atoms with Crippen molar-refractivity contribution in [1.82, 2.24) is 4.98 Å². The summed E-state index contributed by atoms with van der Waals surface area (Å²) < 4.78 is 27.6. The number of aromatic nitrogens is 1. The first-order chi connectivity index (χ1) is 11.0. The Morgan fingerprint density at radius 3 is 2.70 bits per heavy atom. The fourth-order valence-corrected chi connectivity index (χ4v) is 4.36. The van der Waals surface area contributed by atoms with E-state index in [-0.39, 0.29) is 4.90 Å². The molecule has 0 bridgehead atoms. The maximum atomic E-state index is 12.5. The number of sulfonamides is 1. The standard InChI is InChI=1S/C17H14N2O3S/c1-10(20)13-9-14-11-5-2-3-7-15(11)23(21,22)19-17(14)16-12(13)6-4-8-18-16/h2-10,19-20H,1H3. The second-order valence-electron chi connectivity index (χ2n) is 5.57. The second kappa shape index (κ2) is 4.78. The molecule has 0 spiro atoms. The van der Waals surface area contributed by atoms with Gasteiger partial charge in [-0.05, 0) is 30.7 Å². The molecule has 0 saturated carbocycles. The molecule has 0 radical (unpaired) electrons. The van der Waals surface area contributed by atoms with Crippen LogP contribution in [0.4, 0.5) is 5.69 Å². The van der Waals surface area contributed by atoms with Crippen molar-refractivity contribution in [3.8, 4) is 11.1 Å². The van der Waals surface area contributed by atoms with Crippen molar-refractivity contribution in [2.24, 2.45) is 0 Å². The maximum Gasteiger partial charge on any atom is 0.262 e. The van der Waals surface area contributed by atoms with E-state index >= 15 is 0 Å². The Morgan fingerprint density at radius 1 is 1.13 bits per heavy atom. The highest BCUT2D eigenvalue weighted by atomic mass is 32.2. The summed E-state index contributed by atoms with van der Waals surface area (Å²) in [6, 6.07) is 12.3. The molecule has 2 heterocycles. The smallest absolute Gasteiger partial charge is 0.262 e. The molecule has 1 unspecified atom stereocenters. The number of aliphatic hydroxyl groups excluding tert-OH is 1. The second-order valence-corrected chi connectivity index (χ2v) is 7.22. The first kappa shape index (κ1) is 14.2. The first-order valence-electron chi connectivity index (χ1n) is 7.21. The van der Waals surface area contributed by atoms with E-state index in [1.807, 2.05) is 12.1 Å². The van der Waals surface area contributed by atoms with Crippen LogP contribution in [0, 0.1) is 0 Å². The van der Waals surface area contributed by atoms with Crippen molar-refractivity contribution < 1.29 is 13.5 Å². The number of pyridine rings is 1. The molecule has 4 rings (SSSR count). The molecular weight excluding hydrogens is 312 g/mol. The topological polar surface area (TPSA) is 79.3 Å². The van der Waals surface area contributed by atoms with Crippen molar-refractivity contribution in [3.63, 3.8) is 0 Å². The molecule has 5 nitrogen and oxygen atoms in total. The van der Waals surface area contributed by atoms with Gasteiger partial charge in [0, 0.05) is 22.7 Å². The Bertz CT molecular complexity index is 1040. The number of benzene rings is 2. The normalized spacial score (nSPS) is 16.3. The maximum absolute atomic E-state index is 12.5. The van der Waals surface area contributed by atoms with Gasteiger partial charge in [0.05, 0.1) is 22.2 Å². The minimum Gasteiger partial charge on any atom is -0.389 e. The first-order valence-corrected chi connectivity index (χ1v) is 8.69. The van der Waals surface area contributed by atoms with Gasteiger partial charge in [-0.2, -0.15) is 0 Å². The number of fused-ring (bicyclic) bond motifs is 5. The van der Waals surface area contributed by atoms with Gasteiger partial charge in [-0.1, -0.05) is 24.3 Å². The van der Waals surface area contributed by atoms with Gasteiger partial charge in [0.25, 0.3) is 10.0 Å². The molecule has 1 aliphatic heterocycles. The SMILES string of the molecule is CC(O)c1cc2c(c3ncccc13)NS(=O)(=O)c1ccccc1-2. The number of hydrogen-bond donors (Lipinski definition) is 2. The monoisotopic (exact) mass is 326 g/mol. The molecule has 2 aromatic carbocycles. The quantitative estimate of drug-likeness (QED) is 0.720. The zero-order chi connectivity index (χ0) is 16.2. The van der Waals surface area contributed by atoms with E-state index in [0.29, 0.717) is 16.8 Å². The molecule has 23 heavy (non-hydrogen) atoms. The zero-order valence-corrected chi connectivity index (χ0v) is 13.1. The van der Waals surface area contributed by atoms with Crippen LogP contribution in [0.3, 0.4) is 0 Å². The van der Waals surface area contributed by atoms with E-state index in [4.69, 9.17) is 0 Å². The molecule has 6 heteroatoms. The average Bonchev–Trinajstić information content (AvgIpc) is 2.54. The fraction of sp³-hybridized carbons (Fsp3) is 0.118. The van der Waals surface area contributed by atoms with E-state index in [2.05, 4.69) is 9.71 Å². The Kier molecular flexibility index (Phi) is 2.94. The molecule has 0 amide bonds. The Morgan fingerprint density at radius 2 is 1.91 bits per heavy atom. The number of hydrogen-bond acceptors (Lipinski definition) is 4. The highest BCUT2D eigenvalue weighted by molar-refractivity contribution is 7.93. The largest absolute Gasteiger partial charge is 0.389 e. The molecule has 0 aliphatic carbocycles. The van der Waals surface area contributed by atoms with Crippen LogP contribution in [0.1, 0.15) is 18.6 Å². The summed E-state index contributed by atoms with van der Waals surface area (Å²) in [7, 11) is -3.63. The van der Waals surface area contributed by atoms with Crippen molar-refractivity contribution >= 4 is 26.6 Å². The van der Waals surface area contributed by atoms with Gasteiger partial charge >= 0.3 is 0 Å². The summed E-state index contributed by atoms with van der Waals surface area (Å²) >= 11 is 0. The van der Waals surface area contributed by atoms with Crippen LogP contribution < -0.4 is 4.72 Å². The molecule has 1 aliphatic rings. The van der Waals surface area contributed by atoms with Crippen LogP contribution in [0.5, 0.6) is 0 Å². The summed E-state index contributed by atoms with van der Waals surface area (Å²) in [5.74, 6) is 0. The summed E-state index contributed by atoms with van der Waals surface area (Å²) in [6.07, 6.45) is 0.932. The van der Waals surface area contributed by atoms with Crippen LogP contribution in [-0.4, -0.2) is 18.5 Å². The lowest BCUT2D eigenvalue weighted by atomic mass is 9.95. The predicted molar refractivity (Wildman–Crippen MR) is 88.6 cm³/mol. The number of aliphatic hydroxyl groups is 1. The molecule has 2 N–H and O–H groups in total. The van der Waals surface area contributed by atoms with Gasteiger partial charge in [-0.25, -0.2) is 8.42 Å². The van der Waals surface area contributed by atoms with E-state index in [1.165, 1.54) is 0 Å². The van der Waals surface area contributed by atoms with E-state index in [9.17, 15) is 13.5 Å². The van der Waals surface area contributed by atoms with Crippen LogP contribution in [-0.2, 0) is 10.0 Å². The van der Waals surface area contributed by atoms with Crippen molar-refractivity contribution in [1.29, 1.82) is 0 Å². The van der Waals surface area contributed by atoms with Crippen LogP contribution in [0.15, 0.2) is 53.6 Å². The van der Waals surface area contributed by atoms with Crippen molar-refractivity contribution in [2.75, 3.05) is 4.72 Å². The third-order valence-corrected chi connectivity index (χ3v) is 5.49. The third kappa shape index (κ3) is 2.03. The van der Waals surface area contributed by atoms with Gasteiger partial charge in [0.15, 0.2) is 0 Å². The van der Waals surface area contributed by atoms with E-state index in [1.54, 1.807) is 43.5 Å². The van der Waals surface area contributed by atoms with Crippen LogP contribution in [0.2, 0.25) is 0 Å². The van der Waals surface area contributed by atoms with Crippen LogP contribution >= 0.6 is 0 Å². The number of nitrogens with zero attached hydrogens (tertiary/aromatic N) is 1. The lowest BCUT2D eigenvalue weighted by Gasteiger charge is -2.24. The Labute approximate surface area is 133 Å². The predicted octanol–water partition coefficient (Wildman–Crippen LogP) is 3.07. The number of rotatable bonds is 1. The minimum absolute atomic E-state index is 0.235. The highest BCUT2D eigenvalue weighted by Gasteiger charge is 2.29. The van der Waals surface area contributed by atoms with E-state index < -0.39 is 16.1 Å². The number of nitrogens with one attached hydrogen (secondary N) is 1. The molecule has 1 aromatic heterocycles. The average molecular weight is 326 g/mol. The van der Waals surface area contributed by atoms with E-state index in [0.717, 1.165) is 16.5 Å². The van der Waals surface area contributed by atoms with Crippen molar-refractivity contribution in [2.45, 2.75) is 17.9 Å². The highest BCUT2D eigenvalue weighted by Crippen LogP contribution is 2.44. The lowest BCUT2D eigenvalue weighted by Crippen LogP contribution is -2.19. The molecule has 0 fully saturated rings. The molecule has 0 saturated heterocycles. The summed E-state index contributed by atoms with van der Waals surface area (Å²) in [6.45, 7) is 1.69. The summed E-state index contributed by atoms with van der Waals surface area (Å²) in [4.78, 5) is 4.57. The van der Waals surface area contributed by atoms with Gasteiger partial charge in [0.2, 0.25) is 0 Å². The molecule has 1 atom stereocenters. The van der Waals surface area contributed by atoms with Gasteiger partial charge in [0.1, 0.15) is 0 Å². The minimum atomic E-state index is -3.63. The Hall–Kier alpha value is -2.44. The molecule has 116 valence electrons. The number of anilines is 1. The van der Waals surface area contributed by atoms with Gasteiger partial charge in [-0.15, -0.1) is 0 Å². The lowest BCUT2D eigenvalue weighted by molar-refractivity contribution is 0.201. The third-order valence-electron chi connectivity index (χ3n) is 4.08. The summed E-state index contributed by atoms with van der Waals surface area (Å²) in [5.41, 5.74) is 3.08. The Balaban J connectivity index is 2.19. The van der Waals surface area contributed by atoms with Crippen molar-refractivity contribution in [3.05, 3.63) is 54.2 Å². The zero-order valence-electron chi connectivity index (χ0n) is 12.3. The van der Waals surface area contributed by atoms with Gasteiger partial charge < -0.3 is 5.11 Å².